The first-order valence-electron chi connectivity index (χ1n) is 9.67. The second-order valence-electron chi connectivity index (χ2n) is 8.43. The normalized spacial score (nSPS) is 31.2. The van der Waals surface area contributed by atoms with Gasteiger partial charge in [-0.2, -0.15) is 0 Å². The van der Waals surface area contributed by atoms with Crippen molar-refractivity contribution < 1.29 is 0 Å². The lowest BCUT2D eigenvalue weighted by Crippen LogP contribution is -2.14. The van der Waals surface area contributed by atoms with E-state index in [4.69, 9.17) is 11.6 Å². The second-order valence-corrected chi connectivity index (χ2v) is 8.79. The Balaban J connectivity index is 1.43. The lowest BCUT2D eigenvalue weighted by molar-refractivity contribution is 0.288. The molecular weight excluding hydrogens is 342 g/mol. The number of aromatic nitrogens is 3. The SMILES string of the molecule is CC1CC2(CCC(c3ccccc3)C2)CC1n1ccc2c(Cl)ncnc21. The van der Waals surface area contributed by atoms with Crippen LogP contribution in [0.5, 0.6) is 0 Å². The van der Waals surface area contributed by atoms with Crippen LogP contribution in [0.15, 0.2) is 48.9 Å². The molecular formula is C22H24ClN3. The van der Waals surface area contributed by atoms with Gasteiger partial charge < -0.3 is 4.57 Å². The molecule has 3 nitrogen and oxygen atoms in total. The molecule has 0 bridgehead atoms. The highest BCUT2D eigenvalue weighted by atomic mass is 35.5. The van der Waals surface area contributed by atoms with Crippen LogP contribution in [0.2, 0.25) is 5.15 Å². The molecule has 2 aliphatic carbocycles. The number of hydrogen-bond acceptors (Lipinski definition) is 2. The average Bonchev–Trinajstić information content (AvgIpc) is 3.34. The smallest absolute Gasteiger partial charge is 0.145 e. The maximum absolute atomic E-state index is 6.26. The van der Waals surface area contributed by atoms with Crippen molar-refractivity contribution in [2.75, 3.05) is 0 Å². The van der Waals surface area contributed by atoms with Crippen molar-refractivity contribution in [2.45, 2.75) is 51.0 Å². The zero-order chi connectivity index (χ0) is 17.7. The standard InChI is InChI=1S/C22H24ClN3/c1-15-11-22(9-7-17(12-22)16-5-3-2-4-6-16)13-19(15)26-10-8-18-20(23)24-14-25-21(18)26/h2-6,8,10,14-15,17,19H,7,9,11-13H2,1H3. The number of fused-ring (bicyclic) bond motifs is 1. The quantitative estimate of drug-likeness (QED) is 0.520. The Morgan fingerprint density at radius 1 is 1.08 bits per heavy atom. The van der Waals surface area contributed by atoms with Crippen molar-refractivity contribution in [2.24, 2.45) is 11.3 Å². The predicted molar refractivity (Wildman–Crippen MR) is 105 cm³/mol. The molecule has 1 spiro atoms. The molecule has 4 atom stereocenters. The summed E-state index contributed by atoms with van der Waals surface area (Å²) < 4.78 is 2.36. The summed E-state index contributed by atoms with van der Waals surface area (Å²) in [6, 6.07) is 13.7. The Labute approximate surface area is 159 Å². The van der Waals surface area contributed by atoms with Crippen molar-refractivity contribution in [1.29, 1.82) is 0 Å². The molecule has 0 N–H and O–H groups in total. The Hall–Kier alpha value is -1.87. The first-order valence-corrected chi connectivity index (χ1v) is 10.0. The zero-order valence-corrected chi connectivity index (χ0v) is 15.9. The van der Waals surface area contributed by atoms with E-state index in [2.05, 4.69) is 64.1 Å². The fourth-order valence-corrected chi connectivity index (χ4v) is 5.91. The Morgan fingerprint density at radius 2 is 1.92 bits per heavy atom. The molecule has 26 heavy (non-hydrogen) atoms. The number of benzene rings is 1. The van der Waals surface area contributed by atoms with Gasteiger partial charge in [0.25, 0.3) is 0 Å². The van der Waals surface area contributed by atoms with Crippen LogP contribution in [-0.4, -0.2) is 14.5 Å². The molecule has 0 radical (unpaired) electrons. The third-order valence-corrected chi connectivity index (χ3v) is 7.15. The fourth-order valence-electron chi connectivity index (χ4n) is 5.72. The highest BCUT2D eigenvalue weighted by molar-refractivity contribution is 6.33. The van der Waals surface area contributed by atoms with Gasteiger partial charge in [0.15, 0.2) is 0 Å². The molecule has 0 saturated heterocycles. The number of nitrogens with zero attached hydrogens (tertiary/aromatic N) is 3. The summed E-state index contributed by atoms with van der Waals surface area (Å²) in [5, 5.41) is 1.52. The first kappa shape index (κ1) is 16.3. The van der Waals surface area contributed by atoms with Gasteiger partial charge in [-0.25, -0.2) is 9.97 Å². The molecule has 2 fully saturated rings. The Kier molecular flexibility index (Phi) is 3.82. The van der Waals surface area contributed by atoms with Crippen LogP contribution >= 0.6 is 11.6 Å². The monoisotopic (exact) mass is 365 g/mol. The molecule has 2 heterocycles. The maximum atomic E-state index is 6.26. The maximum Gasteiger partial charge on any atom is 0.145 e. The van der Waals surface area contributed by atoms with Gasteiger partial charge >= 0.3 is 0 Å². The average molecular weight is 366 g/mol. The largest absolute Gasteiger partial charge is 0.329 e. The van der Waals surface area contributed by atoms with Crippen molar-refractivity contribution in [3.63, 3.8) is 0 Å². The summed E-state index contributed by atoms with van der Waals surface area (Å²) >= 11 is 6.26. The van der Waals surface area contributed by atoms with Gasteiger partial charge in [-0.05, 0) is 61.0 Å². The van der Waals surface area contributed by atoms with E-state index in [0.717, 1.165) is 17.0 Å². The summed E-state index contributed by atoms with van der Waals surface area (Å²) in [6.45, 7) is 2.41. The van der Waals surface area contributed by atoms with E-state index in [1.807, 2.05) is 0 Å². The first-order chi connectivity index (χ1) is 12.7. The Morgan fingerprint density at radius 3 is 2.77 bits per heavy atom. The van der Waals surface area contributed by atoms with E-state index < -0.39 is 0 Å². The van der Waals surface area contributed by atoms with Crippen molar-refractivity contribution in [1.82, 2.24) is 14.5 Å². The lowest BCUT2D eigenvalue weighted by atomic mass is 9.82. The predicted octanol–water partition coefficient (Wildman–Crippen LogP) is 6.01. The van der Waals surface area contributed by atoms with Crippen LogP contribution in [0, 0.1) is 11.3 Å². The molecule has 2 aliphatic rings. The lowest BCUT2D eigenvalue weighted by Gasteiger charge is -2.24. The van der Waals surface area contributed by atoms with Gasteiger partial charge in [0.1, 0.15) is 17.1 Å². The van der Waals surface area contributed by atoms with E-state index >= 15 is 0 Å². The van der Waals surface area contributed by atoms with E-state index in [1.54, 1.807) is 6.33 Å². The van der Waals surface area contributed by atoms with Gasteiger partial charge in [-0.1, -0.05) is 48.9 Å². The van der Waals surface area contributed by atoms with Crippen LogP contribution in [0.4, 0.5) is 0 Å². The van der Waals surface area contributed by atoms with E-state index in [-0.39, 0.29) is 0 Å². The minimum absolute atomic E-state index is 0.484. The molecule has 134 valence electrons. The fraction of sp³-hybridized carbons (Fsp3) is 0.455. The van der Waals surface area contributed by atoms with Crippen LogP contribution in [0.3, 0.4) is 0 Å². The van der Waals surface area contributed by atoms with E-state index in [0.29, 0.717) is 22.5 Å². The number of halogens is 1. The minimum atomic E-state index is 0.484. The molecule has 2 saturated carbocycles. The van der Waals surface area contributed by atoms with Crippen LogP contribution in [0.1, 0.15) is 56.6 Å². The van der Waals surface area contributed by atoms with Gasteiger partial charge in [0.05, 0.1) is 5.39 Å². The molecule has 4 unspecified atom stereocenters. The van der Waals surface area contributed by atoms with Gasteiger partial charge in [0.2, 0.25) is 0 Å². The number of hydrogen-bond donors (Lipinski definition) is 0. The van der Waals surface area contributed by atoms with Crippen LogP contribution < -0.4 is 0 Å². The summed E-state index contributed by atoms with van der Waals surface area (Å²) in [6.07, 6.45) is 10.3. The van der Waals surface area contributed by atoms with Crippen molar-refractivity contribution in [3.8, 4) is 0 Å². The second kappa shape index (κ2) is 6.09. The van der Waals surface area contributed by atoms with Crippen LogP contribution in [0.25, 0.3) is 11.0 Å². The highest BCUT2D eigenvalue weighted by Crippen LogP contribution is 2.60. The van der Waals surface area contributed by atoms with E-state index in [9.17, 15) is 0 Å². The summed E-state index contributed by atoms with van der Waals surface area (Å²) in [5.74, 6) is 1.38. The van der Waals surface area contributed by atoms with Gasteiger partial charge in [-0.15, -0.1) is 0 Å². The highest BCUT2D eigenvalue weighted by Gasteiger charge is 2.48. The molecule has 3 aromatic rings. The third-order valence-electron chi connectivity index (χ3n) is 6.85. The van der Waals surface area contributed by atoms with Gasteiger partial charge in [-0.3, -0.25) is 0 Å². The third kappa shape index (κ3) is 2.56. The number of rotatable bonds is 2. The van der Waals surface area contributed by atoms with Crippen molar-refractivity contribution >= 4 is 22.6 Å². The van der Waals surface area contributed by atoms with E-state index in [1.165, 1.54) is 37.7 Å². The van der Waals surface area contributed by atoms with Crippen molar-refractivity contribution in [3.05, 3.63) is 59.6 Å². The molecule has 2 aromatic heterocycles. The topological polar surface area (TPSA) is 30.7 Å². The van der Waals surface area contributed by atoms with Crippen LogP contribution in [-0.2, 0) is 0 Å². The summed E-state index contributed by atoms with van der Waals surface area (Å²) in [4.78, 5) is 8.65. The van der Waals surface area contributed by atoms with Gasteiger partial charge in [0, 0.05) is 12.2 Å². The molecule has 1 aromatic carbocycles. The molecule has 4 heteroatoms. The molecule has 0 aliphatic heterocycles. The summed E-state index contributed by atoms with van der Waals surface area (Å²) in [7, 11) is 0. The zero-order valence-electron chi connectivity index (χ0n) is 15.1. The minimum Gasteiger partial charge on any atom is -0.329 e. The Bertz CT molecular complexity index is 935. The molecule has 5 rings (SSSR count). The summed E-state index contributed by atoms with van der Waals surface area (Å²) in [5.41, 5.74) is 2.99. The molecule has 0 amide bonds.